The number of pyridine rings is 3. The molecule has 0 spiro atoms. The van der Waals surface area contributed by atoms with E-state index >= 15 is 0 Å². The summed E-state index contributed by atoms with van der Waals surface area (Å²) in [5.74, 6) is 0. The maximum absolute atomic E-state index is 4.74. The number of nitrogens with zero attached hydrogens (tertiary/aromatic N) is 3. The van der Waals surface area contributed by atoms with Gasteiger partial charge < -0.3 is 0 Å². The zero-order valence-corrected chi connectivity index (χ0v) is 13.8. The van der Waals surface area contributed by atoms with E-state index in [0.717, 1.165) is 33.9 Å². The molecule has 0 N–H and O–H groups in total. The zero-order valence-electron chi connectivity index (χ0n) is 13.8. The van der Waals surface area contributed by atoms with Crippen molar-refractivity contribution in [1.29, 1.82) is 0 Å². The summed E-state index contributed by atoms with van der Waals surface area (Å²) in [6, 6.07) is 14.0. The lowest BCUT2D eigenvalue weighted by molar-refractivity contribution is 1.21. The van der Waals surface area contributed by atoms with Crippen LogP contribution in [0.3, 0.4) is 0 Å². The van der Waals surface area contributed by atoms with Crippen molar-refractivity contribution in [1.82, 2.24) is 15.0 Å². The summed E-state index contributed by atoms with van der Waals surface area (Å²) < 4.78 is 0. The van der Waals surface area contributed by atoms with Crippen LogP contribution in [0.5, 0.6) is 0 Å². The molecule has 0 bridgehead atoms. The third-order valence-electron chi connectivity index (χ3n) is 3.56. The standard InChI is InChI=1S/C21H19N3/c1-3-6-16-10-12-22-20(14-16)18-8-5-9-19(24-18)21-15-17(7-4-2)11-13-23-21/h3-15H,1-2H3/b6-3-,7-4-. The Labute approximate surface area is 142 Å². The molecular formula is C21H19N3. The van der Waals surface area contributed by atoms with Crippen LogP contribution in [0.2, 0.25) is 0 Å². The Hall–Kier alpha value is -3.07. The Morgan fingerprint density at radius 1 is 0.667 bits per heavy atom. The normalized spacial score (nSPS) is 11.4. The van der Waals surface area contributed by atoms with Gasteiger partial charge in [-0.15, -0.1) is 0 Å². The Morgan fingerprint density at radius 3 is 1.62 bits per heavy atom. The summed E-state index contributed by atoms with van der Waals surface area (Å²) in [5.41, 5.74) is 5.63. The Balaban J connectivity index is 2.00. The molecule has 0 aromatic carbocycles. The lowest BCUT2D eigenvalue weighted by Gasteiger charge is -2.05. The van der Waals surface area contributed by atoms with Gasteiger partial charge in [-0.2, -0.15) is 0 Å². The number of aromatic nitrogens is 3. The summed E-state index contributed by atoms with van der Waals surface area (Å²) in [7, 11) is 0. The lowest BCUT2D eigenvalue weighted by Crippen LogP contribution is -1.92. The van der Waals surface area contributed by atoms with Gasteiger partial charge in [0.25, 0.3) is 0 Å². The molecule has 3 rings (SSSR count). The second-order valence-electron chi connectivity index (χ2n) is 5.36. The van der Waals surface area contributed by atoms with Gasteiger partial charge in [0.1, 0.15) is 0 Å². The van der Waals surface area contributed by atoms with E-state index < -0.39 is 0 Å². The van der Waals surface area contributed by atoms with Crippen molar-refractivity contribution in [3.63, 3.8) is 0 Å². The van der Waals surface area contributed by atoms with Crippen molar-refractivity contribution in [2.75, 3.05) is 0 Å². The third kappa shape index (κ3) is 3.63. The molecule has 3 aromatic heterocycles. The number of rotatable bonds is 4. The molecule has 0 atom stereocenters. The fourth-order valence-corrected chi connectivity index (χ4v) is 2.49. The first-order valence-electron chi connectivity index (χ1n) is 7.95. The molecule has 3 nitrogen and oxygen atoms in total. The van der Waals surface area contributed by atoms with Gasteiger partial charge in [-0.05, 0) is 61.4 Å². The first-order chi connectivity index (χ1) is 11.8. The highest BCUT2D eigenvalue weighted by Gasteiger charge is 2.06. The molecule has 0 radical (unpaired) electrons. The van der Waals surface area contributed by atoms with Gasteiger partial charge >= 0.3 is 0 Å². The van der Waals surface area contributed by atoms with Gasteiger partial charge in [-0.3, -0.25) is 9.97 Å². The highest BCUT2D eigenvalue weighted by atomic mass is 14.8. The molecule has 0 fully saturated rings. The minimum Gasteiger partial charge on any atom is -0.255 e. The van der Waals surface area contributed by atoms with E-state index in [1.807, 2.05) is 80.9 Å². The number of allylic oxidation sites excluding steroid dienone is 2. The topological polar surface area (TPSA) is 38.7 Å². The van der Waals surface area contributed by atoms with E-state index in [2.05, 4.69) is 22.1 Å². The Bertz CT molecular complexity index is 824. The Morgan fingerprint density at radius 2 is 1.17 bits per heavy atom. The molecule has 0 unspecified atom stereocenters. The first kappa shape index (κ1) is 15.8. The first-order valence-corrected chi connectivity index (χ1v) is 7.95. The number of hydrogen-bond acceptors (Lipinski definition) is 3. The molecular weight excluding hydrogens is 294 g/mol. The second-order valence-corrected chi connectivity index (χ2v) is 5.36. The molecule has 3 heterocycles. The molecule has 3 aromatic rings. The van der Waals surface area contributed by atoms with E-state index in [-0.39, 0.29) is 0 Å². The summed E-state index contributed by atoms with van der Waals surface area (Å²) in [5, 5.41) is 0. The van der Waals surface area contributed by atoms with Crippen molar-refractivity contribution >= 4 is 12.2 Å². The van der Waals surface area contributed by atoms with Crippen LogP contribution in [0.15, 0.2) is 67.0 Å². The summed E-state index contributed by atoms with van der Waals surface area (Å²) in [6.07, 6.45) is 11.8. The van der Waals surface area contributed by atoms with Gasteiger partial charge in [-0.1, -0.05) is 30.4 Å². The smallest absolute Gasteiger partial charge is 0.0894 e. The summed E-state index contributed by atoms with van der Waals surface area (Å²) in [4.78, 5) is 13.6. The molecule has 0 aliphatic heterocycles. The maximum Gasteiger partial charge on any atom is 0.0894 e. The molecule has 0 saturated heterocycles. The predicted octanol–water partition coefficient (Wildman–Crippen LogP) is 5.27. The maximum atomic E-state index is 4.74. The van der Waals surface area contributed by atoms with Gasteiger partial charge in [0, 0.05) is 12.4 Å². The quantitative estimate of drug-likeness (QED) is 0.658. The van der Waals surface area contributed by atoms with Gasteiger partial charge in [0.15, 0.2) is 0 Å². The second kappa shape index (κ2) is 7.47. The molecule has 24 heavy (non-hydrogen) atoms. The highest BCUT2D eigenvalue weighted by molar-refractivity contribution is 5.65. The lowest BCUT2D eigenvalue weighted by atomic mass is 10.1. The van der Waals surface area contributed by atoms with Crippen LogP contribution < -0.4 is 0 Å². The zero-order chi connectivity index (χ0) is 16.8. The SMILES string of the molecule is C/C=C\c1ccnc(-c2cccc(-c3cc(/C=C\C)ccn3)n2)c1. The molecule has 0 amide bonds. The van der Waals surface area contributed by atoms with Gasteiger partial charge in [0.05, 0.1) is 22.8 Å². The fraction of sp³-hybridized carbons (Fsp3) is 0.0952. The van der Waals surface area contributed by atoms with Crippen LogP contribution in [0.4, 0.5) is 0 Å². The van der Waals surface area contributed by atoms with E-state index in [0.29, 0.717) is 0 Å². The van der Waals surface area contributed by atoms with Crippen LogP contribution in [0.1, 0.15) is 25.0 Å². The average Bonchev–Trinajstić information content (AvgIpc) is 2.63. The minimum atomic E-state index is 0.845. The van der Waals surface area contributed by atoms with E-state index in [4.69, 9.17) is 4.98 Å². The van der Waals surface area contributed by atoms with Crippen LogP contribution in [0.25, 0.3) is 34.9 Å². The highest BCUT2D eigenvalue weighted by Crippen LogP contribution is 2.22. The van der Waals surface area contributed by atoms with Crippen LogP contribution in [-0.2, 0) is 0 Å². The minimum absolute atomic E-state index is 0.845. The molecule has 0 aliphatic rings. The summed E-state index contributed by atoms with van der Waals surface area (Å²) in [6.45, 7) is 4.00. The van der Waals surface area contributed by atoms with E-state index in [1.165, 1.54) is 0 Å². The van der Waals surface area contributed by atoms with E-state index in [1.54, 1.807) is 0 Å². The summed E-state index contributed by atoms with van der Waals surface area (Å²) >= 11 is 0. The largest absolute Gasteiger partial charge is 0.255 e. The van der Waals surface area contributed by atoms with Gasteiger partial charge in [0.2, 0.25) is 0 Å². The average molecular weight is 313 g/mol. The van der Waals surface area contributed by atoms with Gasteiger partial charge in [-0.25, -0.2) is 4.98 Å². The molecule has 3 heteroatoms. The monoisotopic (exact) mass is 313 g/mol. The predicted molar refractivity (Wildman–Crippen MR) is 100 cm³/mol. The fourth-order valence-electron chi connectivity index (χ4n) is 2.49. The van der Waals surface area contributed by atoms with Crippen molar-refractivity contribution < 1.29 is 0 Å². The molecule has 118 valence electrons. The number of hydrogen-bond donors (Lipinski definition) is 0. The van der Waals surface area contributed by atoms with Crippen molar-refractivity contribution in [3.05, 3.63) is 78.1 Å². The van der Waals surface area contributed by atoms with E-state index in [9.17, 15) is 0 Å². The third-order valence-corrected chi connectivity index (χ3v) is 3.56. The Kier molecular flexibility index (Phi) is 4.92. The van der Waals surface area contributed by atoms with Crippen molar-refractivity contribution in [2.24, 2.45) is 0 Å². The van der Waals surface area contributed by atoms with Crippen molar-refractivity contribution in [2.45, 2.75) is 13.8 Å². The van der Waals surface area contributed by atoms with Crippen molar-refractivity contribution in [3.8, 4) is 22.8 Å². The van der Waals surface area contributed by atoms with Crippen LogP contribution in [-0.4, -0.2) is 15.0 Å². The molecule has 0 saturated carbocycles. The van der Waals surface area contributed by atoms with Crippen LogP contribution >= 0.6 is 0 Å². The molecule has 0 aliphatic carbocycles. The van der Waals surface area contributed by atoms with Crippen LogP contribution in [0, 0.1) is 0 Å².